The maximum Gasteiger partial charge on any atom is 0.609 e. The molecule has 2 atom stereocenters. The van der Waals surface area contributed by atoms with Crippen LogP contribution in [0.25, 0.3) is 6.08 Å². The molecule has 259 valence electrons. The van der Waals surface area contributed by atoms with Crippen molar-refractivity contribution in [3.63, 3.8) is 0 Å². The van der Waals surface area contributed by atoms with Gasteiger partial charge in [0.25, 0.3) is 0 Å². The number of allylic oxidation sites excluding steroid dienone is 3. The fourth-order valence-corrected chi connectivity index (χ4v) is 8.57. The Kier molecular flexibility index (Phi) is 9.95. The number of aryl methyl sites for hydroxylation is 4. The molecule has 2 aromatic rings. The van der Waals surface area contributed by atoms with Gasteiger partial charge in [0.05, 0.1) is 5.25 Å². The maximum atomic E-state index is 14.2. The quantitative estimate of drug-likeness (QED) is 0.316. The Labute approximate surface area is 287 Å². The van der Waals surface area contributed by atoms with Gasteiger partial charge in [-0.3, -0.25) is 4.79 Å². The second-order valence-electron chi connectivity index (χ2n) is 13.5. The van der Waals surface area contributed by atoms with E-state index in [1.807, 2.05) is 37.6 Å². The average Bonchev–Trinajstić information content (AvgIpc) is 3.85. The highest BCUT2D eigenvalue weighted by Crippen LogP contribution is 2.38. The number of fused-ring (bicyclic) bond motifs is 2. The van der Waals surface area contributed by atoms with Crippen LogP contribution in [0.5, 0.6) is 0 Å². The van der Waals surface area contributed by atoms with E-state index in [0.717, 1.165) is 82.4 Å². The highest BCUT2D eigenvalue weighted by atomic mass is 32.2. The van der Waals surface area contributed by atoms with Crippen molar-refractivity contribution in [2.75, 3.05) is 18.9 Å². The van der Waals surface area contributed by atoms with Crippen LogP contribution in [0.4, 0.5) is 19.1 Å². The first-order chi connectivity index (χ1) is 23.3. The molecule has 0 bridgehead atoms. The molecular weight excluding hydrogens is 645 g/mol. The van der Waals surface area contributed by atoms with Gasteiger partial charge < -0.3 is 27.9 Å². The first-order valence-electron chi connectivity index (χ1n) is 16.9. The zero-order chi connectivity index (χ0) is 35.0. The van der Waals surface area contributed by atoms with E-state index in [-0.39, 0.29) is 25.3 Å². The summed E-state index contributed by atoms with van der Waals surface area (Å²) in [5.74, 6) is -0.189. The molecule has 2 unspecified atom stereocenters. The number of hydrogen-bond donors (Lipinski definition) is 2. The molecule has 3 aliphatic carbocycles. The van der Waals surface area contributed by atoms with Crippen LogP contribution in [0.15, 0.2) is 58.1 Å². The summed E-state index contributed by atoms with van der Waals surface area (Å²) in [4.78, 5) is 27.6. The first-order valence-corrected chi connectivity index (χ1v) is 18.5. The fourth-order valence-electron chi connectivity index (χ4n) is 7.45. The van der Waals surface area contributed by atoms with Crippen molar-refractivity contribution in [2.45, 2.75) is 76.9 Å². The lowest BCUT2D eigenvalue weighted by Gasteiger charge is -2.22. The van der Waals surface area contributed by atoms with Gasteiger partial charge in [-0.05, 0) is 98.2 Å². The molecule has 4 aliphatic rings. The van der Waals surface area contributed by atoms with Crippen molar-refractivity contribution < 1.29 is 26.9 Å². The predicted molar refractivity (Wildman–Crippen MR) is 192 cm³/mol. The van der Waals surface area contributed by atoms with Gasteiger partial charge in [-0.25, -0.2) is 14.1 Å². The van der Waals surface area contributed by atoms with Crippen LogP contribution in [0.3, 0.4) is 0 Å². The normalized spacial score (nSPS) is 20.1. The molecule has 2 heterocycles. The number of urea groups is 1. The molecule has 1 aromatic carbocycles. The maximum absolute atomic E-state index is 14.2. The molecule has 0 saturated heterocycles. The molecule has 6 rings (SSSR count). The number of nitrogens with two attached hydrogens (primary N) is 1. The van der Waals surface area contributed by atoms with Crippen LogP contribution in [-0.4, -0.2) is 62.1 Å². The van der Waals surface area contributed by atoms with Crippen LogP contribution >= 0.6 is 0 Å². The third-order valence-corrected chi connectivity index (χ3v) is 11.8. The number of amides is 3. The van der Waals surface area contributed by atoms with Gasteiger partial charge in [0, 0.05) is 68.8 Å². The van der Waals surface area contributed by atoms with E-state index in [9.17, 15) is 22.4 Å². The average molecular weight is 690 g/mol. The molecule has 1 aliphatic heterocycles. The van der Waals surface area contributed by atoms with Crippen LogP contribution < -0.4 is 10.5 Å². The Balaban J connectivity index is 1.05. The SMILES string of the molecule is Cc1cc(C)n(C)c1C=C1C=CC(CCC(=O)N(C)CC2=CCC(S(N)(=O)=NC(=O)Nc3c4c(cc5c3CCC5)CCC4)C=C2)=[N+]1[B-](F)F. The lowest BCUT2D eigenvalue weighted by molar-refractivity contribution is -0.342. The number of benzene rings is 1. The Hall–Kier alpha value is -4.10. The Morgan fingerprint density at radius 3 is 2.41 bits per heavy atom. The van der Waals surface area contributed by atoms with E-state index in [4.69, 9.17) is 5.14 Å². The largest absolute Gasteiger partial charge is 0.609 e. The van der Waals surface area contributed by atoms with Gasteiger partial charge in [0.15, 0.2) is 5.70 Å². The van der Waals surface area contributed by atoms with Crippen LogP contribution in [0, 0.1) is 13.8 Å². The van der Waals surface area contributed by atoms with Crippen LogP contribution in [-0.2, 0) is 47.4 Å². The number of nitrogens with zero attached hydrogens (tertiary/aromatic N) is 4. The number of nitrogens with one attached hydrogen (secondary N) is 1. The molecule has 13 heteroatoms. The lowest BCUT2D eigenvalue weighted by atomic mass is 9.99. The van der Waals surface area contributed by atoms with E-state index in [0.29, 0.717) is 17.8 Å². The summed E-state index contributed by atoms with van der Waals surface area (Å²) in [6.07, 6.45) is 16.8. The number of carbonyl (C=O) groups excluding carboxylic acids is 2. The zero-order valence-electron chi connectivity index (χ0n) is 28.6. The van der Waals surface area contributed by atoms with E-state index in [1.165, 1.54) is 11.1 Å². The highest BCUT2D eigenvalue weighted by molar-refractivity contribution is 7.92. The Bertz CT molecular complexity index is 1970. The van der Waals surface area contributed by atoms with Crippen molar-refractivity contribution >= 4 is 46.7 Å². The van der Waals surface area contributed by atoms with E-state index in [1.54, 1.807) is 42.3 Å². The molecule has 3 amide bonds. The molecule has 3 N–H and O–H groups in total. The molecule has 1 aromatic heterocycles. The smallest absolute Gasteiger partial charge is 0.433 e. The van der Waals surface area contributed by atoms with Gasteiger partial charge in [0.1, 0.15) is 15.6 Å². The van der Waals surface area contributed by atoms with Gasteiger partial charge in [0.2, 0.25) is 5.91 Å². The van der Waals surface area contributed by atoms with Gasteiger partial charge >= 0.3 is 13.4 Å². The number of hydrogen-bond acceptors (Lipinski definition) is 3. The summed E-state index contributed by atoms with van der Waals surface area (Å²) < 4.78 is 48.7. The Morgan fingerprint density at radius 1 is 1.12 bits per heavy atom. The first kappa shape index (κ1) is 34.8. The number of halogens is 2. The van der Waals surface area contributed by atoms with Crippen molar-refractivity contribution in [3.05, 3.63) is 93.0 Å². The van der Waals surface area contributed by atoms with Crippen molar-refractivity contribution in [3.8, 4) is 0 Å². The van der Waals surface area contributed by atoms with Crippen LogP contribution in [0.1, 0.15) is 71.3 Å². The van der Waals surface area contributed by atoms with Crippen molar-refractivity contribution in [2.24, 2.45) is 16.5 Å². The minimum absolute atomic E-state index is 0.0625. The molecule has 0 spiro atoms. The topological polar surface area (TPSA) is 113 Å². The van der Waals surface area contributed by atoms with Crippen molar-refractivity contribution in [1.29, 1.82) is 0 Å². The summed E-state index contributed by atoms with van der Waals surface area (Å²) in [5.41, 5.74) is 10.2. The summed E-state index contributed by atoms with van der Waals surface area (Å²) in [5, 5.41) is 8.43. The number of rotatable bonds is 9. The lowest BCUT2D eigenvalue weighted by Crippen LogP contribution is -2.32. The molecule has 49 heavy (non-hydrogen) atoms. The molecular formula is C36H44BF2N6O3S. The summed E-state index contributed by atoms with van der Waals surface area (Å²) in [6, 6.07) is 3.60. The van der Waals surface area contributed by atoms with E-state index < -0.39 is 28.6 Å². The number of anilines is 1. The summed E-state index contributed by atoms with van der Waals surface area (Å²) >= 11 is 0. The van der Waals surface area contributed by atoms with Gasteiger partial charge in [-0.1, -0.05) is 24.3 Å². The summed E-state index contributed by atoms with van der Waals surface area (Å²) in [7, 11) is -2.56. The second kappa shape index (κ2) is 14.0. The molecule has 0 saturated carbocycles. The molecule has 9 nitrogen and oxygen atoms in total. The van der Waals surface area contributed by atoms with Gasteiger partial charge in [-0.15, -0.1) is 4.36 Å². The zero-order valence-corrected chi connectivity index (χ0v) is 29.4. The number of likely N-dealkylation sites (N-methyl/N-ethyl adjacent to an activating group) is 1. The summed E-state index contributed by atoms with van der Waals surface area (Å²) in [6.45, 7) is 4.20. The third kappa shape index (κ3) is 7.28. The Morgan fingerprint density at radius 2 is 1.82 bits per heavy atom. The third-order valence-electron chi connectivity index (χ3n) is 10.2. The van der Waals surface area contributed by atoms with E-state index >= 15 is 0 Å². The molecule has 1 radical (unpaired) electrons. The van der Waals surface area contributed by atoms with Crippen molar-refractivity contribution in [1.82, 2.24) is 9.47 Å². The van der Waals surface area contributed by atoms with E-state index in [2.05, 4.69) is 15.7 Å². The highest BCUT2D eigenvalue weighted by Gasteiger charge is 2.29. The fraction of sp³-hybridized carbons (Fsp3) is 0.417. The molecule has 0 fully saturated rings. The number of aromatic nitrogens is 1. The number of carbonyl (C=O) groups is 2. The standard InChI is InChI=1S/C36H43BF2N6O3S/c1-23-19-24(2)44(4)33(23)21-29-14-13-28(45(29)37(38)39)15-18-34(46)43(3)22-25-11-16-30(17-12-25)49(40,48)42-36(47)41-35-31-9-5-7-26(31)20-27-8-6-10-32(27)35/h11-14,16,19-21,30H,5-10,15,17-18,22H2,1-4H3,(H2-,40,41,42,47,48)/q-1/p+1. The minimum Gasteiger partial charge on any atom is -0.433 e. The minimum atomic E-state index is -3.39. The second-order valence-corrected chi connectivity index (χ2v) is 15.5. The van der Waals surface area contributed by atoms with Gasteiger partial charge in [-0.2, -0.15) is 0 Å². The monoisotopic (exact) mass is 689 g/mol. The predicted octanol–water partition coefficient (Wildman–Crippen LogP) is 5.97. The van der Waals surface area contributed by atoms with Crippen LogP contribution in [0.2, 0.25) is 0 Å².